The van der Waals surface area contributed by atoms with Gasteiger partial charge in [0.05, 0.1) is 28.2 Å². The Morgan fingerprint density at radius 1 is 0.900 bits per heavy atom. The minimum atomic E-state index is 0. The molecule has 0 aromatic carbocycles. The number of rotatable bonds is 0. The third-order valence-electron chi connectivity index (χ3n) is 0. The molecule has 2 nitrogen and oxygen atoms in total. The maximum absolute atomic E-state index is 7.00. The van der Waals surface area contributed by atoms with E-state index < -0.39 is 0 Å². The molecule has 0 aliphatic heterocycles. The molecular formula is C6H20I2NO+. The first-order valence-electron chi connectivity index (χ1n) is 2.38. The third-order valence-corrected chi connectivity index (χ3v) is 0. The van der Waals surface area contributed by atoms with Gasteiger partial charge in [-0.15, -0.1) is 0 Å². The lowest BCUT2D eigenvalue weighted by atomic mass is 10.8. The van der Waals surface area contributed by atoms with E-state index in [1.165, 1.54) is 0 Å². The van der Waals surface area contributed by atoms with Crippen molar-refractivity contribution in [3.63, 3.8) is 0 Å². The quantitative estimate of drug-likeness (QED) is 0.509. The average molecular weight is 376 g/mol. The van der Waals surface area contributed by atoms with Crippen LogP contribution in [0.4, 0.5) is 0 Å². The van der Waals surface area contributed by atoms with Crippen molar-refractivity contribution in [3.05, 3.63) is 0 Å². The molecule has 0 aromatic heterocycles. The second-order valence-electron chi connectivity index (χ2n) is 2.68. The maximum atomic E-state index is 7.00. The zero-order chi connectivity index (χ0) is 8.50. The number of nitrogens with zero attached hydrogens (tertiary/aromatic N) is 1. The summed E-state index contributed by atoms with van der Waals surface area (Å²) in [5, 5.41) is 7.00. The van der Waals surface area contributed by atoms with Crippen LogP contribution in [0.2, 0.25) is 0 Å². The van der Waals surface area contributed by atoms with Crippen LogP contribution < -0.4 is 0 Å². The van der Waals surface area contributed by atoms with E-state index in [9.17, 15) is 0 Å². The molecule has 0 spiro atoms. The van der Waals surface area contributed by atoms with Crippen molar-refractivity contribution < 1.29 is 9.59 Å². The highest BCUT2D eigenvalue weighted by Crippen LogP contribution is 1.89. The number of aliphatic hydroxyl groups is 1. The lowest BCUT2D eigenvalue weighted by Crippen LogP contribution is -2.27. The normalized spacial score (nSPS) is 7.20. The topological polar surface area (TPSA) is 20.2 Å². The van der Waals surface area contributed by atoms with Gasteiger partial charge in [0, 0.05) is 44.3 Å². The highest BCUT2D eigenvalue weighted by Gasteiger charge is 1.88. The van der Waals surface area contributed by atoms with Crippen LogP contribution in [-0.4, -0.2) is 44.9 Å². The fourth-order valence-electron chi connectivity index (χ4n) is 0. The molecule has 0 unspecified atom stereocenters. The molecule has 10 heavy (non-hydrogen) atoms. The standard InChI is InChI=1S/C4H12N.CH4O.CH4.I2/c1-5(2,3)4;1-2;;1-2/h1-4H3;2H,1H3;1H4;/q+1;;;. The summed E-state index contributed by atoms with van der Waals surface area (Å²) in [5.41, 5.74) is 0. The van der Waals surface area contributed by atoms with Crippen molar-refractivity contribution in [3.8, 4) is 0 Å². The van der Waals surface area contributed by atoms with Crippen molar-refractivity contribution in [2.75, 3.05) is 35.3 Å². The van der Waals surface area contributed by atoms with Crippen molar-refractivity contribution in [2.24, 2.45) is 0 Å². The Balaban J connectivity index is -0.0000000315. The van der Waals surface area contributed by atoms with Gasteiger partial charge < -0.3 is 9.59 Å². The summed E-state index contributed by atoms with van der Waals surface area (Å²) >= 11 is 4.24. The largest absolute Gasteiger partial charge is 0.400 e. The second kappa shape index (κ2) is 16.8. The smallest absolute Gasteiger partial charge is 0.0675 e. The molecule has 0 aliphatic rings. The average Bonchev–Trinajstić information content (AvgIpc) is 1.72. The molecular weight excluding hydrogens is 356 g/mol. The van der Waals surface area contributed by atoms with Gasteiger partial charge in [0.15, 0.2) is 0 Å². The molecule has 0 atom stereocenters. The summed E-state index contributed by atoms with van der Waals surface area (Å²) < 4.78 is 1.00. The first-order valence-corrected chi connectivity index (χ1v) is 8.66. The molecule has 0 rings (SSSR count). The predicted octanol–water partition coefficient (Wildman–Crippen LogP) is 2.34. The van der Waals surface area contributed by atoms with Crippen molar-refractivity contribution in [1.29, 1.82) is 0 Å². The van der Waals surface area contributed by atoms with Crippen LogP contribution in [0.5, 0.6) is 0 Å². The van der Waals surface area contributed by atoms with Gasteiger partial charge in [-0.1, -0.05) is 7.43 Å². The van der Waals surface area contributed by atoms with Crippen LogP contribution >= 0.6 is 37.2 Å². The number of hydrogen-bond donors (Lipinski definition) is 1. The SMILES string of the molecule is C.CO.C[N+](C)(C)C.II. The number of hydrogen-bond acceptors (Lipinski definition) is 1. The van der Waals surface area contributed by atoms with Crippen LogP contribution in [0.15, 0.2) is 0 Å². The Morgan fingerprint density at radius 3 is 0.900 bits per heavy atom. The number of halogens is 2. The van der Waals surface area contributed by atoms with Gasteiger partial charge in [-0.2, -0.15) is 0 Å². The molecule has 0 radical (unpaired) electrons. The summed E-state index contributed by atoms with van der Waals surface area (Å²) in [6, 6.07) is 0. The Bertz CT molecular complexity index is 31.2. The Labute approximate surface area is 88.9 Å². The molecule has 0 amide bonds. The highest BCUT2D eigenvalue weighted by atomic mass is 128. The van der Waals surface area contributed by atoms with Gasteiger partial charge in [-0.3, -0.25) is 0 Å². The summed E-state index contributed by atoms with van der Waals surface area (Å²) in [4.78, 5) is 0. The van der Waals surface area contributed by atoms with Crippen LogP contribution in [0.1, 0.15) is 7.43 Å². The fraction of sp³-hybridized carbons (Fsp3) is 1.00. The van der Waals surface area contributed by atoms with E-state index in [1.807, 2.05) is 0 Å². The molecule has 0 heterocycles. The van der Waals surface area contributed by atoms with E-state index in [0.29, 0.717) is 0 Å². The van der Waals surface area contributed by atoms with E-state index >= 15 is 0 Å². The molecule has 0 saturated heterocycles. The first-order chi connectivity index (χ1) is 4.00. The van der Waals surface area contributed by atoms with Crippen LogP contribution in [0, 0.1) is 0 Å². The molecule has 0 bridgehead atoms. The third kappa shape index (κ3) is 346. The van der Waals surface area contributed by atoms with E-state index in [0.717, 1.165) is 11.6 Å². The molecule has 4 heteroatoms. The zero-order valence-electron chi connectivity index (χ0n) is 6.65. The van der Waals surface area contributed by atoms with Crippen LogP contribution in [0.25, 0.3) is 0 Å². The van der Waals surface area contributed by atoms with Gasteiger partial charge in [0.1, 0.15) is 0 Å². The van der Waals surface area contributed by atoms with E-state index in [1.54, 1.807) is 0 Å². The van der Waals surface area contributed by atoms with Crippen LogP contribution in [-0.2, 0) is 0 Å². The molecule has 0 aromatic rings. The molecule has 1 N–H and O–H groups in total. The van der Waals surface area contributed by atoms with E-state index in [-0.39, 0.29) is 7.43 Å². The maximum Gasteiger partial charge on any atom is 0.0675 e. The van der Waals surface area contributed by atoms with Gasteiger partial charge in [-0.25, -0.2) is 0 Å². The summed E-state index contributed by atoms with van der Waals surface area (Å²) in [6.45, 7) is 0. The Kier molecular flexibility index (Phi) is 37.7. The van der Waals surface area contributed by atoms with E-state index in [2.05, 4.69) is 65.4 Å². The number of aliphatic hydroxyl groups excluding tert-OH is 1. The van der Waals surface area contributed by atoms with E-state index in [4.69, 9.17) is 5.11 Å². The molecule has 0 aliphatic carbocycles. The summed E-state index contributed by atoms with van der Waals surface area (Å²) in [7, 11) is 9.50. The summed E-state index contributed by atoms with van der Waals surface area (Å²) in [6.07, 6.45) is 0. The predicted molar refractivity (Wildman–Crippen MR) is 66.9 cm³/mol. The lowest BCUT2D eigenvalue weighted by molar-refractivity contribution is -0.849. The highest BCUT2D eigenvalue weighted by molar-refractivity contribution is 15.0. The van der Waals surface area contributed by atoms with Gasteiger partial charge in [-0.05, 0) is 0 Å². The first kappa shape index (κ1) is 22.5. The van der Waals surface area contributed by atoms with Crippen molar-refractivity contribution in [2.45, 2.75) is 7.43 Å². The number of quaternary nitrogens is 1. The second-order valence-corrected chi connectivity index (χ2v) is 2.68. The van der Waals surface area contributed by atoms with Crippen molar-refractivity contribution in [1.82, 2.24) is 0 Å². The van der Waals surface area contributed by atoms with Gasteiger partial charge in [0.25, 0.3) is 0 Å². The summed E-state index contributed by atoms with van der Waals surface area (Å²) in [5.74, 6) is 0. The molecule has 0 fully saturated rings. The van der Waals surface area contributed by atoms with Crippen LogP contribution in [0.3, 0.4) is 0 Å². The van der Waals surface area contributed by atoms with Crippen molar-refractivity contribution >= 4 is 37.2 Å². The monoisotopic (exact) mass is 376 g/mol. The Hall–Kier alpha value is 1.38. The zero-order valence-corrected chi connectivity index (χ0v) is 11.0. The lowest BCUT2D eigenvalue weighted by Gasteiger charge is -2.14. The molecule has 0 saturated carbocycles. The minimum Gasteiger partial charge on any atom is -0.400 e. The van der Waals surface area contributed by atoms with Gasteiger partial charge >= 0.3 is 0 Å². The minimum absolute atomic E-state index is 0. The Morgan fingerprint density at radius 2 is 0.900 bits per heavy atom. The molecule has 68 valence electrons. The fourth-order valence-corrected chi connectivity index (χ4v) is 0. The van der Waals surface area contributed by atoms with Gasteiger partial charge in [0.2, 0.25) is 0 Å².